The summed E-state index contributed by atoms with van der Waals surface area (Å²) in [5.41, 5.74) is 6.14. The lowest BCUT2D eigenvalue weighted by Gasteiger charge is -2.13. The first kappa shape index (κ1) is 21.5. The standard InChI is InChI=1S/C54H33N3O/c1-2-12-34(13-3-1)37-15-10-16-39(32-37)53-54(56-46-21-8-7-20-45(46)55-53)44-19-11-23-49-52(44)43-30-26-38(33-50(43)58-49)35-24-28-40(29-25-35)57-47-22-9-6-18-42(47)51-41-17-5-4-14-36(41)27-31-48(51)57/h1-33H/i4D,5D,6D,9D,14D,17D,18D,22D,24D,25D,27D,28D,29D,31D. The van der Waals surface area contributed by atoms with Crippen LogP contribution in [0.1, 0.15) is 19.2 Å². The maximum absolute atomic E-state index is 9.51. The molecule has 0 saturated carbocycles. The highest BCUT2D eigenvalue weighted by Gasteiger charge is 2.20. The van der Waals surface area contributed by atoms with Crippen LogP contribution in [-0.2, 0) is 0 Å². The lowest BCUT2D eigenvalue weighted by atomic mass is 9.96. The summed E-state index contributed by atoms with van der Waals surface area (Å²) in [7, 11) is 0. The summed E-state index contributed by atoms with van der Waals surface area (Å²) in [4.78, 5) is 10.4. The largest absolute Gasteiger partial charge is 0.456 e. The molecule has 3 aromatic heterocycles. The average molecular weight is 754 g/mol. The summed E-state index contributed by atoms with van der Waals surface area (Å²) in [5, 5.41) is 0.255. The fraction of sp³-hybridized carbons (Fsp3) is 0. The van der Waals surface area contributed by atoms with Crippen molar-refractivity contribution in [2.24, 2.45) is 0 Å². The van der Waals surface area contributed by atoms with E-state index in [1.807, 2.05) is 91.0 Å². The van der Waals surface area contributed by atoms with Gasteiger partial charge in [-0.2, -0.15) is 0 Å². The highest BCUT2D eigenvalue weighted by atomic mass is 16.3. The number of fused-ring (bicyclic) bond motifs is 9. The van der Waals surface area contributed by atoms with Gasteiger partial charge in [0.2, 0.25) is 0 Å². The number of nitrogens with zero attached hydrogens (tertiary/aromatic N) is 3. The van der Waals surface area contributed by atoms with Crippen molar-refractivity contribution in [3.63, 3.8) is 0 Å². The Labute approximate surface area is 353 Å². The van der Waals surface area contributed by atoms with Gasteiger partial charge in [-0.15, -0.1) is 0 Å². The van der Waals surface area contributed by atoms with E-state index < -0.39 is 90.3 Å². The molecule has 0 fully saturated rings. The monoisotopic (exact) mass is 753 g/mol. The second-order valence-corrected chi connectivity index (χ2v) is 13.9. The SMILES string of the molecule is [2H]c1c([2H])c(-n2c3c([2H])c([2H])c([2H])c([2H])c3c3c4c([2H])c([2H])c([2H])c([2H])c4c([2H])c([2H])c32)c([2H])c([2H])c1-c1ccc2c(c1)oc1cccc(-c3nc4ccccc4nc3-c3cccc(-c4ccccc4)c3)c12. The summed E-state index contributed by atoms with van der Waals surface area (Å²) in [6, 6.07) is 27.6. The maximum Gasteiger partial charge on any atom is 0.136 e. The maximum atomic E-state index is 9.51. The minimum atomic E-state index is -0.712. The second kappa shape index (κ2) is 12.9. The first-order valence-corrected chi connectivity index (χ1v) is 18.5. The Bertz CT molecular complexity index is 4370. The molecule has 0 aliphatic carbocycles. The lowest BCUT2D eigenvalue weighted by molar-refractivity contribution is 0.669. The molecule has 0 spiro atoms. The Hall–Kier alpha value is -7.82. The van der Waals surface area contributed by atoms with Crippen LogP contribution in [0.5, 0.6) is 0 Å². The molecule has 0 unspecified atom stereocenters. The Morgan fingerprint density at radius 1 is 0.431 bits per heavy atom. The minimum absolute atomic E-state index is 0.119. The summed E-state index contributed by atoms with van der Waals surface area (Å²) in [6.45, 7) is 0. The van der Waals surface area contributed by atoms with E-state index in [2.05, 4.69) is 6.07 Å². The summed E-state index contributed by atoms with van der Waals surface area (Å²) >= 11 is 0. The summed E-state index contributed by atoms with van der Waals surface area (Å²) < 4.78 is 134. The molecule has 0 radical (unpaired) electrons. The number of furan rings is 1. The van der Waals surface area contributed by atoms with E-state index in [-0.39, 0.29) is 43.7 Å². The molecule has 4 heteroatoms. The predicted octanol–water partition coefficient (Wildman–Crippen LogP) is 14.4. The zero-order valence-corrected chi connectivity index (χ0v) is 30.2. The molecular formula is C54H33N3O. The van der Waals surface area contributed by atoms with Crippen LogP contribution in [0.3, 0.4) is 0 Å². The number of para-hydroxylation sites is 3. The third-order valence-electron chi connectivity index (χ3n) is 10.5. The van der Waals surface area contributed by atoms with Crippen molar-refractivity contribution in [1.82, 2.24) is 14.5 Å². The highest BCUT2D eigenvalue weighted by molar-refractivity contribution is 6.21. The molecule has 0 saturated heterocycles. The van der Waals surface area contributed by atoms with Gasteiger partial charge in [-0.3, -0.25) is 0 Å². The molecule has 270 valence electrons. The van der Waals surface area contributed by atoms with Crippen molar-refractivity contribution in [2.45, 2.75) is 0 Å². The third-order valence-corrected chi connectivity index (χ3v) is 10.5. The van der Waals surface area contributed by atoms with Gasteiger partial charge in [-0.25, -0.2) is 9.97 Å². The van der Waals surface area contributed by atoms with Gasteiger partial charge in [0.1, 0.15) is 11.2 Å². The molecule has 3 heterocycles. The van der Waals surface area contributed by atoms with Crippen molar-refractivity contribution in [3.8, 4) is 50.5 Å². The molecule has 0 N–H and O–H groups in total. The van der Waals surface area contributed by atoms with Crippen LogP contribution in [-0.4, -0.2) is 14.5 Å². The van der Waals surface area contributed by atoms with E-state index in [4.69, 9.17) is 26.7 Å². The van der Waals surface area contributed by atoms with E-state index in [0.717, 1.165) is 32.2 Å². The van der Waals surface area contributed by atoms with Gasteiger partial charge in [0.05, 0.1) is 52.6 Å². The Morgan fingerprint density at radius 2 is 1.14 bits per heavy atom. The van der Waals surface area contributed by atoms with Crippen LogP contribution in [0.15, 0.2) is 204 Å². The van der Waals surface area contributed by atoms with E-state index in [0.29, 0.717) is 39.0 Å². The Kier molecular flexibility index (Phi) is 4.77. The van der Waals surface area contributed by atoms with Crippen molar-refractivity contribution in [3.05, 3.63) is 200 Å². The van der Waals surface area contributed by atoms with Crippen molar-refractivity contribution >= 4 is 65.6 Å². The first-order chi connectivity index (χ1) is 34.6. The van der Waals surface area contributed by atoms with Crippen LogP contribution in [0, 0.1) is 0 Å². The van der Waals surface area contributed by atoms with Gasteiger partial charge in [-0.05, 0) is 93.6 Å². The molecular weight excluding hydrogens is 707 g/mol. The number of rotatable bonds is 5. The van der Waals surface area contributed by atoms with Crippen LogP contribution in [0.4, 0.5) is 0 Å². The molecule has 12 aromatic rings. The van der Waals surface area contributed by atoms with E-state index in [1.54, 1.807) is 18.2 Å². The molecule has 0 bridgehead atoms. The van der Waals surface area contributed by atoms with Crippen LogP contribution in [0.2, 0.25) is 0 Å². The summed E-state index contributed by atoms with van der Waals surface area (Å²) in [5.74, 6) is 0. The van der Waals surface area contributed by atoms with Crippen molar-refractivity contribution < 1.29 is 23.6 Å². The van der Waals surface area contributed by atoms with Crippen molar-refractivity contribution in [2.75, 3.05) is 0 Å². The number of benzene rings is 9. The van der Waals surface area contributed by atoms with Gasteiger partial charge in [0.25, 0.3) is 0 Å². The fourth-order valence-electron chi connectivity index (χ4n) is 7.90. The quantitative estimate of drug-likeness (QED) is 0.176. The Morgan fingerprint density at radius 3 is 2.00 bits per heavy atom. The smallest absolute Gasteiger partial charge is 0.136 e. The van der Waals surface area contributed by atoms with Crippen LogP contribution >= 0.6 is 0 Å². The van der Waals surface area contributed by atoms with Gasteiger partial charge < -0.3 is 8.98 Å². The normalized spacial score (nSPS) is 15.2. The number of hydrogen-bond donors (Lipinski definition) is 0. The van der Waals surface area contributed by atoms with Crippen LogP contribution < -0.4 is 0 Å². The fourth-order valence-corrected chi connectivity index (χ4v) is 7.90. The molecule has 0 amide bonds. The predicted molar refractivity (Wildman–Crippen MR) is 240 cm³/mol. The lowest BCUT2D eigenvalue weighted by Crippen LogP contribution is -1.96. The molecule has 0 aliphatic heterocycles. The van der Waals surface area contributed by atoms with Gasteiger partial charge in [0, 0.05) is 38.4 Å². The summed E-state index contributed by atoms with van der Waals surface area (Å²) in [6.07, 6.45) is 0. The molecule has 0 aliphatic rings. The zero-order chi connectivity index (χ0) is 50.3. The first-order valence-electron chi connectivity index (χ1n) is 25.5. The average Bonchev–Trinajstić information content (AvgIpc) is 3.95. The molecule has 9 aromatic carbocycles. The van der Waals surface area contributed by atoms with E-state index in [9.17, 15) is 6.85 Å². The van der Waals surface area contributed by atoms with E-state index >= 15 is 0 Å². The Balaban J connectivity index is 1.07. The van der Waals surface area contributed by atoms with E-state index in [1.165, 1.54) is 0 Å². The second-order valence-electron chi connectivity index (χ2n) is 13.9. The number of hydrogen-bond acceptors (Lipinski definition) is 3. The number of aromatic nitrogens is 3. The third kappa shape index (κ3) is 5.09. The molecule has 4 nitrogen and oxygen atoms in total. The molecule has 0 atom stereocenters. The molecule has 58 heavy (non-hydrogen) atoms. The highest BCUT2D eigenvalue weighted by Crippen LogP contribution is 2.42. The minimum Gasteiger partial charge on any atom is -0.456 e. The van der Waals surface area contributed by atoms with Gasteiger partial charge in [0.15, 0.2) is 0 Å². The molecule has 12 rings (SSSR count). The topological polar surface area (TPSA) is 43.9 Å². The zero-order valence-electron chi connectivity index (χ0n) is 44.2. The van der Waals surface area contributed by atoms with Gasteiger partial charge >= 0.3 is 0 Å². The van der Waals surface area contributed by atoms with Crippen LogP contribution in [0.25, 0.3) is 116 Å². The van der Waals surface area contributed by atoms with Gasteiger partial charge in [-0.1, -0.05) is 139 Å². The van der Waals surface area contributed by atoms with Crippen molar-refractivity contribution in [1.29, 1.82) is 0 Å².